The van der Waals surface area contributed by atoms with Gasteiger partial charge in [-0.05, 0) is 30.5 Å². The van der Waals surface area contributed by atoms with Crippen LogP contribution in [0.25, 0.3) is 0 Å². The normalized spacial score (nSPS) is 17.7. The first-order chi connectivity index (χ1) is 8.70. The van der Waals surface area contributed by atoms with Gasteiger partial charge in [-0.25, -0.2) is 0 Å². The zero-order chi connectivity index (χ0) is 13.0. The highest BCUT2D eigenvalue weighted by atomic mass is 16.3. The summed E-state index contributed by atoms with van der Waals surface area (Å²) in [6, 6.07) is 7.27. The maximum Gasteiger partial charge on any atom is 0.231 e. The van der Waals surface area contributed by atoms with E-state index in [0.717, 1.165) is 36.9 Å². The number of carbonyl (C=O) groups excluding carboxylic acids is 1. The van der Waals surface area contributed by atoms with E-state index in [-0.39, 0.29) is 12.5 Å². The Morgan fingerprint density at radius 3 is 2.72 bits per heavy atom. The quantitative estimate of drug-likeness (QED) is 0.758. The van der Waals surface area contributed by atoms with Gasteiger partial charge in [-0.3, -0.25) is 4.79 Å². The van der Waals surface area contributed by atoms with Gasteiger partial charge < -0.3 is 16.2 Å². The smallest absolute Gasteiger partial charge is 0.231 e. The zero-order valence-corrected chi connectivity index (χ0v) is 10.5. The molecule has 18 heavy (non-hydrogen) atoms. The van der Waals surface area contributed by atoms with Gasteiger partial charge in [0.2, 0.25) is 5.91 Å². The van der Waals surface area contributed by atoms with Crippen LogP contribution in [0.4, 0.5) is 5.69 Å². The lowest BCUT2D eigenvalue weighted by Gasteiger charge is -2.25. The molecule has 4 nitrogen and oxygen atoms in total. The van der Waals surface area contributed by atoms with Crippen molar-refractivity contribution in [3.05, 3.63) is 29.8 Å². The minimum Gasteiger partial charge on any atom is -0.392 e. The zero-order valence-electron chi connectivity index (χ0n) is 10.5. The standard InChI is InChI=1S/C14H20N2O2/c15-10-14(6-1-2-7-14)13(18)16-12-5-3-4-11(8-12)9-17/h3-5,8,17H,1-2,6-7,9-10,15H2,(H,16,18). The van der Waals surface area contributed by atoms with Gasteiger partial charge in [0.25, 0.3) is 0 Å². The summed E-state index contributed by atoms with van der Waals surface area (Å²) < 4.78 is 0. The molecule has 0 heterocycles. The lowest BCUT2D eigenvalue weighted by atomic mass is 9.85. The van der Waals surface area contributed by atoms with E-state index in [9.17, 15) is 4.79 Å². The third kappa shape index (κ3) is 2.54. The van der Waals surface area contributed by atoms with Crippen molar-refractivity contribution in [2.75, 3.05) is 11.9 Å². The van der Waals surface area contributed by atoms with Crippen LogP contribution in [0.3, 0.4) is 0 Å². The third-order valence-corrected chi connectivity index (χ3v) is 3.80. The summed E-state index contributed by atoms with van der Waals surface area (Å²) in [5, 5.41) is 12.0. The van der Waals surface area contributed by atoms with E-state index < -0.39 is 5.41 Å². The van der Waals surface area contributed by atoms with Crippen molar-refractivity contribution in [3.8, 4) is 0 Å². The van der Waals surface area contributed by atoms with Gasteiger partial charge >= 0.3 is 0 Å². The third-order valence-electron chi connectivity index (χ3n) is 3.80. The van der Waals surface area contributed by atoms with Crippen molar-refractivity contribution in [2.45, 2.75) is 32.3 Å². The van der Waals surface area contributed by atoms with E-state index in [0.29, 0.717) is 6.54 Å². The molecule has 98 valence electrons. The van der Waals surface area contributed by atoms with Crippen molar-refractivity contribution >= 4 is 11.6 Å². The molecule has 0 spiro atoms. The first-order valence-electron chi connectivity index (χ1n) is 6.41. The summed E-state index contributed by atoms with van der Waals surface area (Å²) in [5.74, 6) is 0.0117. The SMILES string of the molecule is NCC1(C(=O)Nc2cccc(CO)c2)CCCC1. The minimum atomic E-state index is -0.394. The van der Waals surface area contributed by atoms with Crippen LogP contribution in [0.1, 0.15) is 31.2 Å². The van der Waals surface area contributed by atoms with Crippen molar-refractivity contribution in [2.24, 2.45) is 11.1 Å². The van der Waals surface area contributed by atoms with Crippen LogP contribution in [-0.2, 0) is 11.4 Å². The second-order valence-electron chi connectivity index (χ2n) is 5.00. The number of amides is 1. The number of anilines is 1. The summed E-state index contributed by atoms with van der Waals surface area (Å²) in [6.45, 7) is 0.379. The lowest BCUT2D eigenvalue weighted by Crippen LogP contribution is -2.40. The highest BCUT2D eigenvalue weighted by Crippen LogP contribution is 2.38. The first-order valence-corrected chi connectivity index (χ1v) is 6.41. The van der Waals surface area contributed by atoms with Crippen LogP contribution in [0, 0.1) is 5.41 Å². The Balaban J connectivity index is 2.10. The average Bonchev–Trinajstić information content (AvgIpc) is 2.89. The molecule has 4 heteroatoms. The van der Waals surface area contributed by atoms with Gasteiger partial charge in [0.1, 0.15) is 0 Å². The second-order valence-corrected chi connectivity index (χ2v) is 5.00. The highest BCUT2D eigenvalue weighted by molar-refractivity contribution is 5.95. The number of hydrogen-bond donors (Lipinski definition) is 3. The molecule has 4 N–H and O–H groups in total. The molecule has 1 amide bonds. The molecular weight excluding hydrogens is 228 g/mol. The summed E-state index contributed by atoms with van der Waals surface area (Å²) in [5.41, 5.74) is 6.91. The molecule has 1 aliphatic rings. The Morgan fingerprint density at radius 2 is 2.11 bits per heavy atom. The first kappa shape index (κ1) is 13.1. The molecule has 0 bridgehead atoms. The van der Waals surface area contributed by atoms with Crippen LogP contribution in [0.2, 0.25) is 0 Å². The number of carbonyl (C=O) groups is 1. The van der Waals surface area contributed by atoms with Gasteiger partial charge in [0, 0.05) is 12.2 Å². The van der Waals surface area contributed by atoms with Gasteiger partial charge in [-0.2, -0.15) is 0 Å². The lowest BCUT2D eigenvalue weighted by molar-refractivity contribution is -0.124. The predicted molar refractivity (Wildman–Crippen MR) is 70.9 cm³/mol. The van der Waals surface area contributed by atoms with E-state index in [1.54, 1.807) is 6.07 Å². The maximum absolute atomic E-state index is 12.3. The largest absolute Gasteiger partial charge is 0.392 e. The molecule has 0 saturated heterocycles. The molecule has 0 aliphatic heterocycles. The van der Waals surface area contributed by atoms with Gasteiger partial charge in [-0.1, -0.05) is 25.0 Å². The summed E-state index contributed by atoms with van der Waals surface area (Å²) in [4.78, 5) is 12.3. The maximum atomic E-state index is 12.3. The van der Waals surface area contributed by atoms with Crippen LogP contribution in [0.5, 0.6) is 0 Å². The molecule has 2 rings (SSSR count). The van der Waals surface area contributed by atoms with Crippen molar-refractivity contribution in [1.82, 2.24) is 0 Å². The fourth-order valence-electron chi connectivity index (χ4n) is 2.59. The van der Waals surface area contributed by atoms with Crippen LogP contribution < -0.4 is 11.1 Å². The molecule has 1 aromatic carbocycles. The molecule has 1 aliphatic carbocycles. The average molecular weight is 248 g/mol. The molecule has 1 saturated carbocycles. The van der Waals surface area contributed by atoms with E-state index in [1.807, 2.05) is 18.2 Å². The van der Waals surface area contributed by atoms with E-state index >= 15 is 0 Å². The Morgan fingerprint density at radius 1 is 1.39 bits per heavy atom. The minimum absolute atomic E-state index is 0.0117. The highest BCUT2D eigenvalue weighted by Gasteiger charge is 2.39. The van der Waals surface area contributed by atoms with Crippen molar-refractivity contribution in [3.63, 3.8) is 0 Å². The Kier molecular flexibility index (Phi) is 3.99. The molecule has 0 atom stereocenters. The van der Waals surface area contributed by atoms with Crippen LogP contribution in [-0.4, -0.2) is 17.6 Å². The second kappa shape index (κ2) is 5.50. The molecule has 0 unspecified atom stereocenters. The van der Waals surface area contributed by atoms with Crippen LogP contribution >= 0.6 is 0 Å². The molecule has 1 fully saturated rings. The summed E-state index contributed by atoms with van der Waals surface area (Å²) in [7, 11) is 0. The van der Waals surface area contributed by atoms with E-state index in [1.165, 1.54) is 0 Å². The molecule has 0 radical (unpaired) electrons. The van der Waals surface area contributed by atoms with Crippen molar-refractivity contribution in [1.29, 1.82) is 0 Å². The molecule has 0 aromatic heterocycles. The number of benzene rings is 1. The van der Waals surface area contributed by atoms with Gasteiger partial charge in [-0.15, -0.1) is 0 Å². The molecule has 1 aromatic rings. The fraction of sp³-hybridized carbons (Fsp3) is 0.500. The van der Waals surface area contributed by atoms with Gasteiger partial charge in [0.15, 0.2) is 0 Å². The predicted octanol–water partition coefficient (Wildman–Crippen LogP) is 1.64. The fourth-order valence-corrected chi connectivity index (χ4v) is 2.59. The number of aliphatic hydroxyl groups is 1. The molecular formula is C14H20N2O2. The Hall–Kier alpha value is -1.39. The number of aliphatic hydroxyl groups excluding tert-OH is 1. The van der Waals surface area contributed by atoms with Crippen molar-refractivity contribution < 1.29 is 9.90 Å². The van der Waals surface area contributed by atoms with Gasteiger partial charge in [0.05, 0.1) is 12.0 Å². The monoisotopic (exact) mass is 248 g/mol. The number of nitrogens with two attached hydrogens (primary N) is 1. The van der Waals surface area contributed by atoms with E-state index in [2.05, 4.69) is 5.32 Å². The summed E-state index contributed by atoms with van der Waals surface area (Å²) in [6.07, 6.45) is 3.88. The Labute approximate surface area is 107 Å². The summed E-state index contributed by atoms with van der Waals surface area (Å²) >= 11 is 0. The number of rotatable bonds is 4. The Bertz CT molecular complexity index is 426. The topological polar surface area (TPSA) is 75.4 Å². The number of nitrogens with one attached hydrogen (secondary N) is 1. The van der Waals surface area contributed by atoms with E-state index in [4.69, 9.17) is 10.8 Å². The number of hydrogen-bond acceptors (Lipinski definition) is 3. The van der Waals surface area contributed by atoms with Crippen LogP contribution in [0.15, 0.2) is 24.3 Å².